The monoisotopic (exact) mass is 349 g/mol. The fourth-order valence-electron chi connectivity index (χ4n) is 2.04. The van der Waals surface area contributed by atoms with Crippen LogP contribution in [0.1, 0.15) is 37.6 Å². The predicted octanol–water partition coefficient (Wildman–Crippen LogP) is 2.61. The van der Waals surface area contributed by atoms with Crippen molar-refractivity contribution in [2.75, 3.05) is 13.2 Å². The smallest absolute Gasteiger partial charge is 0.345 e. The number of nitro benzene ring substituents is 1. The van der Waals surface area contributed by atoms with E-state index in [1.54, 1.807) is 13.8 Å². The van der Waals surface area contributed by atoms with E-state index in [1.807, 2.05) is 0 Å². The van der Waals surface area contributed by atoms with Crippen LogP contribution in [0.25, 0.3) is 0 Å². The molecule has 0 aromatic heterocycles. The van der Waals surface area contributed by atoms with Gasteiger partial charge in [0.1, 0.15) is 5.57 Å². The average Bonchev–Trinajstić information content (AvgIpc) is 2.55. The minimum atomic E-state index is -0.852. The predicted molar refractivity (Wildman–Crippen MR) is 88.0 cm³/mol. The van der Waals surface area contributed by atoms with Crippen molar-refractivity contribution in [3.05, 3.63) is 51.1 Å². The van der Waals surface area contributed by atoms with Gasteiger partial charge >= 0.3 is 11.9 Å². The number of nitro groups is 1. The van der Waals surface area contributed by atoms with Crippen molar-refractivity contribution in [3.8, 4) is 0 Å². The summed E-state index contributed by atoms with van der Waals surface area (Å²) in [5, 5.41) is 10.6. The number of carbonyl (C=O) groups is 3. The Kier molecular flexibility index (Phi) is 7.45. The van der Waals surface area contributed by atoms with E-state index >= 15 is 0 Å². The Labute approximate surface area is 144 Å². The number of ketones is 1. The first-order chi connectivity index (χ1) is 11.8. The molecule has 0 atom stereocenters. The minimum Gasteiger partial charge on any atom is -0.462 e. The normalized spacial score (nSPS) is 9.88. The number of carbonyl (C=O) groups excluding carboxylic acids is 3. The molecule has 0 unspecified atom stereocenters. The second-order valence-corrected chi connectivity index (χ2v) is 5.00. The summed E-state index contributed by atoms with van der Waals surface area (Å²) in [5.41, 5.74) is -0.00113. The number of esters is 2. The summed E-state index contributed by atoms with van der Waals surface area (Å²) in [4.78, 5) is 46.3. The van der Waals surface area contributed by atoms with Crippen LogP contribution in [0.5, 0.6) is 0 Å². The number of benzene rings is 1. The maximum Gasteiger partial charge on any atom is 0.345 e. The summed E-state index contributed by atoms with van der Waals surface area (Å²) in [6.07, 6.45) is -0.217. The van der Waals surface area contributed by atoms with Crippen LogP contribution in [0.15, 0.2) is 35.4 Å². The molecule has 0 spiro atoms. The van der Waals surface area contributed by atoms with Gasteiger partial charge in [-0.15, -0.1) is 0 Å². The lowest BCUT2D eigenvalue weighted by molar-refractivity contribution is -0.384. The van der Waals surface area contributed by atoms with Crippen LogP contribution < -0.4 is 0 Å². The summed E-state index contributed by atoms with van der Waals surface area (Å²) in [5.74, 6) is -2.09. The molecule has 134 valence electrons. The quantitative estimate of drug-likeness (QED) is 0.135. The molecule has 0 aliphatic carbocycles. The maximum atomic E-state index is 12.3. The minimum absolute atomic E-state index is 0.0747. The third-order valence-corrected chi connectivity index (χ3v) is 3.21. The fourth-order valence-corrected chi connectivity index (χ4v) is 2.04. The van der Waals surface area contributed by atoms with Crippen LogP contribution in [-0.4, -0.2) is 35.9 Å². The molecule has 8 nitrogen and oxygen atoms in total. The Morgan fingerprint density at radius 1 is 1.00 bits per heavy atom. The largest absolute Gasteiger partial charge is 0.462 e. The average molecular weight is 349 g/mol. The van der Waals surface area contributed by atoms with E-state index < -0.39 is 22.6 Å². The lowest BCUT2D eigenvalue weighted by Gasteiger charge is -2.10. The van der Waals surface area contributed by atoms with Crippen molar-refractivity contribution in [1.82, 2.24) is 0 Å². The topological polar surface area (TPSA) is 113 Å². The zero-order valence-electron chi connectivity index (χ0n) is 14.2. The summed E-state index contributed by atoms with van der Waals surface area (Å²) in [6, 6.07) is 5.07. The second kappa shape index (κ2) is 9.31. The highest BCUT2D eigenvalue weighted by atomic mass is 16.6. The number of rotatable bonds is 8. The molecule has 0 fully saturated rings. The van der Waals surface area contributed by atoms with Crippen LogP contribution in [0, 0.1) is 10.1 Å². The Morgan fingerprint density at radius 3 is 1.88 bits per heavy atom. The van der Waals surface area contributed by atoms with Crippen LogP contribution in [0.2, 0.25) is 0 Å². The van der Waals surface area contributed by atoms with Crippen LogP contribution in [0.4, 0.5) is 5.69 Å². The number of allylic oxidation sites excluding steroid dienone is 1. The van der Waals surface area contributed by atoms with Gasteiger partial charge < -0.3 is 9.47 Å². The molecular formula is C17H19NO7. The molecule has 0 saturated carbocycles. The number of hydrogen-bond donors (Lipinski definition) is 0. The Morgan fingerprint density at radius 2 is 1.48 bits per heavy atom. The summed E-state index contributed by atoms with van der Waals surface area (Å²) < 4.78 is 9.68. The van der Waals surface area contributed by atoms with Gasteiger partial charge in [0.25, 0.3) is 5.69 Å². The van der Waals surface area contributed by atoms with E-state index in [4.69, 9.17) is 9.47 Å². The second-order valence-electron chi connectivity index (χ2n) is 5.00. The third-order valence-electron chi connectivity index (χ3n) is 3.21. The molecule has 0 amide bonds. The number of non-ortho nitro benzene ring substituents is 1. The molecule has 0 radical (unpaired) electrons. The Hall–Kier alpha value is -3.03. The molecule has 8 heteroatoms. The van der Waals surface area contributed by atoms with E-state index in [-0.39, 0.29) is 42.0 Å². The maximum absolute atomic E-state index is 12.3. The van der Waals surface area contributed by atoms with E-state index in [9.17, 15) is 24.5 Å². The summed E-state index contributed by atoms with van der Waals surface area (Å²) >= 11 is 0. The molecule has 0 N–H and O–H groups in total. The van der Waals surface area contributed by atoms with Crippen molar-refractivity contribution < 1.29 is 28.8 Å². The van der Waals surface area contributed by atoms with E-state index in [0.717, 1.165) is 0 Å². The molecule has 0 saturated heterocycles. The fraction of sp³-hybridized carbons (Fsp3) is 0.353. The molecule has 0 bridgehead atoms. The van der Waals surface area contributed by atoms with Crippen molar-refractivity contribution in [1.29, 1.82) is 0 Å². The van der Waals surface area contributed by atoms with Crippen molar-refractivity contribution in [2.24, 2.45) is 0 Å². The molecule has 0 aliphatic rings. The molecule has 0 aliphatic heterocycles. The number of nitrogens with zero attached hydrogens (tertiary/aromatic N) is 1. The SMILES string of the molecule is CCOC(=O)C(C(=O)OCC)=C(C)CC(=O)c1ccc([N+](=O)[O-])cc1. The van der Waals surface area contributed by atoms with Gasteiger partial charge in [-0.3, -0.25) is 14.9 Å². The van der Waals surface area contributed by atoms with Crippen LogP contribution in [0.3, 0.4) is 0 Å². The van der Waals surface area contributed by atoms with Gasteiger partial charge in [-0.05, 0) is 38.5 Å². The molecule has 1 aromatic carbocycles. The Balaban J connectivity index is 3.06. The first kappa shape index (κ1) is 20.0. The lowest BCUT2D eigenvalue weighted by Crippen LogP contribution is -2.21. The summed E-state index contributed by atoms with van der Waals surface area (Å²) in [6.45, 7) is 4.80. The van der Waals surface area contributed by atoms with E-state index in [0.29, 0.717) is 0 Å². The highest BCUT2D eigenvalue weighted by Gasteiger charge is 2.25. The van der Waals surface area contributed by atoms with Crippen molar-refractivity contribution >= 4 is 23.4 Å². The highest BCUT2D eigenvalue weighted by molar-refractivity contribution is 6.15. The first-order valence-corrected chi connectivity index (χ1v) is 7.63. The van der Waals surface area contributed by atoms with Gasteiger partial charge in [0.15, 0.2) is 5.78 Å². The zero-order valence-corrected chi connectivity index (χ0v) is 14.2. The van der Waals surface area contributed by atoms with Gasteiger partial charge in [0, 0.05) is 24.1 Å². The van der Waals surface area contributed by atoms with Crippen molar-refractivity contribution in [2.45, 2.75) is 27.2 Å². The number of Topliss-reactive ketones (excluding diaryl/α,β-unsaturated/α-hetero) is 1. The molecule has 1 rings (SSSR count). The van der Waals surface area contributed by atoms with Gasteiger partial charge in [-0.2, -0.15) is 0 Å². The Bertz CT molecular complexity index is 684. The van der Waals surface area contributed by atoms with E-state index in [1.165, 1.54) is 31.2 Å². The van der Waals surface area contributed by atoms with Crippen molar-refractivity contribution in [3.63, 3.8) is 0 Å². The molecule has 25 heavy (non-hydrogen) atoms. The molecule has 1 aromatic rings. The standard InChI is InChI=1S/C17H19NO7/c1-4-24-16(20)15(17(21)25-5-2)11(3)10-14(19)12-6-8-13(9-7-12)18(22)23/h6-9H,4-5,10H2,1-3H3. The van der Waals surface area contributed by atoms with Gasteiger partial charge in [-0.1, -0.05) is 0 Å². The number of ether oxygens (including phenoxy) is 2. The van der Waals surface area contributed by atoms with Crippen LogP contribution in [-0.2, 0) is 19.1 Å². The molecule has 0 heterocycles. The summed E-state index contributed by atoms with van der Waals surface area (Å²) in [7, 11) is 0. The van der Waals surface area contributed by atoms with Gasteiger partial charge in [-0.25, -0.2) is 9.59 Å². The highest BCUT2D eigenvalue weighted by Crippen LogP contribution is 2.18. The molecular weight excluding hydrogens is 330 g/mol. The lowest BCUT2D eigenvalue weighted by atomic mass is 10.00. The zero-order chi connectivity index (χ0) is 19.0. The van der Waals surface area contributed by atoms with E-state index in [2.05, 4.69) is 0 Å². The first-order valence-electron chi connectivity index (χ1n) is 7.63. The third kappa shape index (κ3) is 5.52. The van der Waals surface area contributed by atoms with Crippen LogP contribution >= 0.6 is 0 Å². The van der Waals surface area contributed by atoms with Gasteiger partial charge in [0.05, 0.1) is 18.1 Å². The number of hydrogen-bond acceptors (Lipinski definition) is 7. The van der Waals surface area contributed by atoms with Gasteiger partial charge in [0.2, 0.25) is 0 Å².